The first-order valence-electron chi connectivity index (χ1n) is 7.07. The molecule has 1 aliphatic rings. The van der Waals surface area contributed by atoms with E-state index in [-0.39, 0.29) is 36.2 Å². The van der Waals surface area contributed by atoms with Crippen LogP contribution in [-0.4, -0.2) is 35.7 Å². The van der Waals surface area contributed by atoms with Crippen molar-refractivity contribution in [2.75, 3.05) is 12.3 Å². The van der Waals surface area contributed by atoms with Crippen molar-refractivity contribution in [3.63, 3.8) is 0 Å². The number of aromatic nitrogens is 2. The van der Waals surface area contributed by atoms with E-state index in [1.807, 2.05) is 6.08 Å². The topological polar surface area (TPSA) is 209 Å². The summed E-state index contributed by atoms with van der Waals surface area (Å²) in [5, 5.41) is 3.06. The summed E-state index contributed by atoms with van der Waals surface area (Å²) in [7, 11) is 0. The van der Waals surface area contributed by atoms with Gasteiger partial charge in [0.15, 0.2) is 5.96 Å². The smallest absolute Gasteiger partial charge is 0.350 e. The van der Waals surface area contributed by atoms with E-state index in [4.69, 9.17) is 28.7 Å². The zero-order valence-corrected chi connectivity index (χ0v) is 13.0. The van der Waals surface area contributed by atoms with E-state index in [1.54, 1.807) is 12.4 Å². The number of nitrogens with zero attached hydrogens (tertiary/aromatic N) is 3. The Balaban J connectivity index is 2.37. The first-order valence-corrected chi connectivity index (χ1v) is 7.07. The number of H-pyrrole nitrogens is 2. The Morgan fingerprint density at radius 2 is 2.17 bits per heavy atom. The fourth-order valence-corrected chi connectivity index (χ4v) is 2.25. The predicted molar refractivity (Wildman–Crippen MR) is 93.6 cm³/mol. The van der Waals surface area contributed by atoms with Crippen molar-refractivity contribution >= 4 is 24.1 Å². The van der Waals surface area contributed by atoms with Gasteiger partial charge in [-0.2, -0.15) is 0 Å². The summed E-state index contributed by atoms with van der Waals surface area (Å²) in [6.45, 7) is 3.96. The Morgan fingerprint density at radius 1 is 1.42 bits per heavy atom. The molecular weight excluding hydrogens is 310 g/mol. The van der Waals surface area contributed by atoms with E-state index in [2.05, 4.69) is 36.8 Å². The standard InChI is InChI=1S/C13H21N11/c1-6(14)22-9(2-7-3-20-12(17)23-7)8(4-19-11(15)16)10-5-21-13(18)24-10/h2-3,5,8-9,22H,1,4,14H2,(H2,17,23)(H4,15,16,19)(H3,18,21,24)/p+1/b7-2+. The maximum Gasteiger partial charge on any atom is 0.350 e. The number of aromatic amines is 2. The van der Waals surface area contributed by atoms with Crippen LogP contribution < -0.4 is 39.0 Å². The third-order valence-corrected chi connectivity index (χ3v) is 3.24. The molecule has 1 aliphatic heterocycles. The van der Waals surface area contributed by atoms with Gasteiger partial charge >= 0.3 is 5.95 Å². The van der Waals surface area contributed by atoms with Crippen LogP contribution in [0.5, 0.6) is 0 Å². The van der Waals surface area contributed by atoms with Crippen LogP contribution in [0.25, 0.3) is 0 Å². The molecule has 0 saturated heterocycles. The fourth-order valence-electron chi connectivity index (χ4n) is 2.25. The van der Waals surface area contributed by atoms with Crippen LogP contribution in [0.15, 0.2) is 45.3 Å². The average Bonchev–Trinajstić information content (AvgIpc) is 3.07. The summed E-state index contributed by atoms with van der Waals surface area (Å²) < 4.78 is 0. The summed E-state index contributed by atoms with van der Waals surface area (Å²) in [5.74, 6) is 0.610. The highest BCUT2D eigenvalue weighted by atomic mass is 15.1. The van der Waals surface area contributed by atoms with Crippen LogP contribution in [0, 0.1) is 0 Å². The molecule has 0 spiro atoms. The predicted octanol–water partition coefficient (Wildman–Crippen LogP) is -2.56. The van der Waals surface area contributed by atoms with Crippen molar-refractivity contribution in [2.45, 2.75) is 12.0 Å². The number of anilines is 1. The van der Waals surface area contributed by atoms with E-state index in [0.29, 0.717) is 11.6 Å². The molecule has 11 nitrogen and oxygen atoms in total. The molecule has 0 radical (unpaired) electrons. The molecule has 2 atom stereocenters. The van der Waals surface area contributed by atoms with Gasteiger partial charge in [-0.3, -0.25) is 10.7 Å². The van der Waals surface area contributed by atoms with Crippen molar-refractivity contribution in [1.82, 2.24) is 10.3 Å². The molecule has 2 heterocycles. The molecule has 11 heteroatoms. The average molecular weight is 332 g/mol. The molecule has 1 aromatic rings. The normalized spacial score (nSPS) is 17.3. The lowest BCUT2D eigenvalue weighted by Crippen LogP contribution is -2.37. The minimum atomic E-state index is -0.340. The summed E-state index contributed by atoms with van der Waals surface area (Å²) in [5.41, 5.74) is 29.3. The number of nitrogens with one attached hydrogen (secondary N) is 3. The third kappa shape index (κ3) is 4.50. The van der Waals surface area contributed by atoms with E-state index < -0.39 is 0 Å². The van der Waals surface area contributed by atoms with Gasteiger partial charge in [-0.05, 0) is 6.08 Å². The lowest BCUT2D eigenvalue weighted by Gasteiger charge is -2.23. The molecule has 2 unspecified atom stereocenters. The van der Waals surface area contributed by atoms with Crippen LogP contribution in [0.1, 0.15) is 11.6 Å². The molecule has 24 heavy (non-hydrogen) atoms. The second-order valence-electron chi connectivity index (χ2n) is 5.17. The summed E-state index contributed by atoms with van der Waals surface area (Å²) in [6.07, 6.45) is 5.09. The van der Waals surface area contributed by atoms with Gasteiger partial charge in [0.1, 0.15) is 5.69 Å². The molecule has 0 fully saturated rings. The van der Waals surface area contributed by atoms with Gasteiger partial charge in [-0.1, -0.05) is 6.58 Å². The SMILES string of the molecule is C=C(N)NC(/C=C1\C=NC(N)=N1)C(CN=C(N)N)c1c[nH+]c(N)[nH]1. The molecule has 1 aromatic heterocycles. The highest BCUT2D eigenvalue weighted by Gasteiger charge is 2.26. The summed E-state index contributed by atoms with van der Waals surface area (Å²) >= 11 is 0. The number of nitrogen functional groups attached to an aromatic ring is 1. The molecule has 0 aromatic carbocycles. The molecule has 2 rings (SSSR count). The molecule has 0 amide bonds. The highest BCUT2D eigenvalue weighted by molar-refractivity contribution is 5.99. The Bertz CT molecular complexity index is 720. The zero-order valence-electron chi connectivity index (χ0n) is 13.0. The Morgan fingerprint density at radius 3 is 2.67 bits per heavy atom. The van der Waals surface area contributed by atoms with Crippen LogP contribution in [0.2, 0.25) is 0 Å². The maximum absolute atomic E-state index is 5.72. The number of guanidine groups is 2. The fraction of sp³-hybridized carbons (Fsp3) is 0.231. The maximum atomic E-state index is 5.72. The van der Waals surface area contributed by atoms with Gasteiger partial charge in [-0.15, -0.1) is 0 Å². The van der Waals surface area contributed by atoms with Gasteiger partial charge in [-0.25, -0.2) is 20.0 Å². The quantitative estimate of drug-likeness (QED) is 0.211. The van der Waals surface area contributed by atoms with Crippen LogP contribution in [0.3, 0.4) is 0 Å². The Labute approximate surface area is 138 Å². The number of hydrogen-bond donors (Lipinski definition) is 7. The summed E-state index contributed by atoms with van der Waals surface area (Å²) in [4.78, 5) is 18.0. The second-order valence-corrected chi connectivity index (χ2v) is 5.17. The minimum absolute atomic E-state index is 0.0221. The van der Waals surface area contributed by atoms with Gasteiger partial charge in [0, 0.05) is 0 Å². The number of hydrogen-bond acceptors (Lipinski definition) is 7. The summed E-state index contributed by atoms with van der Waals surface area (Å²) in [6, 6.07) is -0.340. The second kappa shape index (κ2) is 7.17. The lowest BCUT2D eigenvalue weighted by molar-refractivity contribution is -0.358. The highest BCUT2D eigenvalue weighted by Crippen LogP contribution is 2.21. The van der Waals surface area contributed by atoms with Gasteiger partial charge in [0.2, 0.25) is 5.96 Å². The molecule has 0 aliphatic carbocycles. The molecule has 128 valence electrons. The number of aliphatic imine (C=N–C) groups is 3. The van der Waals surface area contributed by atoms with Crippen molar-refractivity contribution in [3.8, 4) is 0 Å². The van der Waals surface area contributed by atoms with Gasteiger partial charge < -0.3 is 28.3 Å². The number of rotatable bonds is 7. The van der Waals surface area contributed by atoms with Gasteiger partial charge in [0.25, 0.3) is 0 Å². The molecule has 0 bridgehead atoms. The largest absolute Gasteiger partial charge is 0.386 e. The van der Waals surface area contributed by atoms with E-state index in [1.165, 1.54) is 0 Å². The van der Waals surface area contributed by atoms with Gasteiger partial charge in [0.05, 0.1) is 42.4 Å². The van der Waals surface area contributed by atoms with Crippen molar-refractivity contribution in [1.29, 1.82) is 0 Å². The van der Waals surface area contributed by atoms with E-state index in [9.17, 15) is 0 Å². The first-order chi connectivity index (χ1) is 11.3. The third-order valence-electron chi connectivity index (χ3n) is 3.24. The number of nitrogens with two attached hydrogens (primary N) is 5. The monoisotopic (exact) mass is 332 g/mol. The molecule has 0 saturated carbocycles. The van der Waals surface area contributed by atoms with Crippen molar-refractivity contribution in [2.24, 2.45) is 37.9 Å². The lowest BCUT2D eigenvalue weighted by atomic mass is 9.95. The van der Waals surface area contributed by atoms with E-state index in [0.717, 1.165) is 5.69 Å². The Hall–Kier alpha value is -3.50. The van der Waals surface area contributed by atoms with E-state index >= 15 is 0 Å². The minimum Gasteiger partial charge on any atom is -0.386 e. The van der Waals surface area contributed by atoms with Crippen LogP contribution in [-0.2, 0) is 0 Å². The molecular formula is C13H22N11+. The van der Waals surface area contributed by atoms with Crippen LogP contribution >= 0.6 is 0 Å². The Kier molecular flexibility index (Phi) is 5.04. The first kappa shape index (κ1) is 16.9. The van der Waals surface area contributed by atoms with Crippen molar-refractivity contribution < 1.29 is 4.98 Å². The van der Waals surface area contributed by atoms with Crippen molar-refractivity contribution in [3.05, 3.63) is 36.1 Å². The van der Waals surface area contributed by atoms with Crippen LogP contribution in [0.4, 0.5) is 5.95 Å². The molecule has 13 N–H and O–H groups in total. The number of allylic oxidation sites excluding steroid dienone is 1. The zero-order chi connectivity index (χ0) is 17.7. The number of imidazole rings is 1.